The van der Waals surface area contributed by atoms with Gasteiger partial charge in [-0.1, -0.05) is 26.2 Å². The number of ether oxygens (including phenoxy) is 1. The maximum absolute atomic E-state index is 12.3. The van der Waals surface area contributed by atoms with Gasteiger partial charge in [0, 0.05) is 4.90 Å². The molecule has 4 nitrogen and oxygen atoms in total. The van der Waals surface area contributed by atoms with E-state index in [4.69, 9.17) is 4.74 Å². The number of rotatable bonds is 8. The van der Waals surface area contributed by atoms with Gasteiger partial charge < -0.3 is 9.84 Å². The third kappa shape index (κ3) is 4.67. The Kier molecular flexibility index (Phi) is 6.56. The molecule has 0 bridgehead atoms. The lowest BCUT2D eigenvalue weighted by Gasteiger charge is -2.12. The Bertz CT molecular complexity index is 428. The van der Waals surface area contributed by atoms with Crippen molar-refractivity contribution in [2.75, 3.05) is 7.11 Å². The van der Waals surface area contributed by atoms with E-state index in [2.05, 4.69) is 6.92 Å². The van der Waals surface area contributed by atoms with Crippen LogP contribution in [0, 0.1) is 0 Å². The van der Waals surface area contributed by atoms with Crippen LogP contribution < -0.4 is 4.74 Å². The highest BCUT2D eigenvalue weighted by Crippen LogP contribution is 2.19. The summed E-state index contributed by atoms with van der Waals surface area (Å²) in [7, 11) is 0.0322. The molecule has 106 valence electrons. The topological polar surface area (TPSA) is 63.6 Å². The predicted molar refractivity (Wildman–Crippen MR) is 75.0 cm³/mol. The smallest absolute Gasteiger partial charge is 0.319 e. The molecule has 5 heteroatoms. The van der Waals surface area contributed by atoms with E-state index in [9.17, 15) is 14.1 Å². The highest BCUT2D eigenvalue weighted by molar-refractivity contribution is 7.86. The fourth-order valence-corrected chi connectivity index (χ4v) is 3.07. The highest BCUT2D eigenvalue weighted by atomic mass is 32.2. The number of aliphatic carboxylic acids is 1. The molecule has 0 aliphatic heterocycles. The molecule has 1 N–H and O–H groups in total. The van der Waals surface area contributed by atoms with Gasteiger partial charge in [0.25, 0.3) is 0 Å². The van der Waals surface area contributed by atoms with Crippen molar-refractivity contribution in [3.63, 3.8) is 0 Å². The maximum atomic E-state index is 12.3. The van der Waals surface area contributed by atoms with Crippen molar-refractivity contribution in [2.45, 2.75) is 42.8 Å². The van der Waals surface area contributed by atoms with Crippen molar-refractivity contribution in [1.29, 1.82) is 0 Å². The number of hydrogen-bond acceptors (Lipinski definition) is 3. The van der Waals surface area contributed by atoms with E-state index in [0.717, 1.165) is 19.3 Å². The first kappa shape index (κ1) is 15.7. The molecule has 0 aliphatic rings. The average molecular weight is 284 g/mol. The van der Waals surface area contributed by atoms with Crippen LogP contribution in [0.1, 0.15) is 32.6 Å². The van der Waals surface area contributed by atoms with Crippen molar-refractivity contribution < 1.29 is 18.8 Å². The van der Waals surface area contributed by atoms with Crippen LogP contribution in [0.2, 0.25) is 0 Å². The van der Waals surface area contributed by atoms with Gasteiger partial charge in [0.1, 0.15) is 11.0 Å². The van der Waals surface area contributed by atoms with Crippen LogP contribution in [0.3, 0.4) is 0 Å². The van der Waals surface area contributed by atoms with Crippen LogP contribution in [0.25, 0.3) is 0 Å². The van der Waals surface area contributed by atoms with E-state index in [1.165, 1.54) is 0 Å². The van der Waals surface area contributed by atoms with Gasteiger partial charge >= 0.3 is 5.97 Å². The fourth-order valence-electron chi connectivity index (χ4n) is 1.78. The molecule has 0 radical (unpaired) electrons. The van der Waals surface area contributed by atoms with Gasteiger partial charge in [0.05, 0.1) is 17.9 Å². The second-order valence-corrected chi connectivity index (χ2v) is 5.93. The number of carboxylic acid groups (broad SMARTS) is 1. The van der Waals surface area contributed by atoms with Crippen LogP contribution in [0.4, 0.5) is 0 Å². The Morgan fingerprint density at radius 3 is 2.42 bits per heavy atom. The minimum absolute atomic E-state index is 0.446. The van der Waals surface area contributed by atoms with Crippen LogP contribution >= 0.6 is 0 Å². The van der Waals surface area contributed by atoms with Crippen molar-refractivity contribution in [3.8, 4) is 5.75 Å². The highest BCUT2D eigenvalue weighted by Gasteiger charge is 2.25. The molecule has 0 spiro atoms. The fraction of sp³-hybridized carbons (Fsp3) is 0.500. The lowest BCUT2D eigenvalue weighted by molar-refractivity contribution is -0.136. The third-order valence-corrected chi connectivity index (χ3v) is 4.59. The molecule has 0 unspecified atom stereocenters. The molecular formula is C14H20O4S. The molecule has 1 aromatic carbocycles. The monoisotopic (exact) mass is 284 g/mol. The van der Waals surface area contributed by atoms with Crippen LogP contribution in [0.5, 0.6) is 5.75 Å². The van der Waals surface area contributed by atoms with Crippen LogP contribution in [-0.2, 0) is 15.6 Å². The Morgan fingerprint density at radius 1 is 1.32 bits per heavy atom. The Morgan fingerprint density at radius 2 is 1.95 bits per heavy atom. The van der Waals surface area contributed by atoms with Crippen molar-refractivity contribution in [2.24, 2.45) is 0 Å². The third-order valence-electron chi connectivity index (χ3n) is 2.90. The number of hydrogen-bond donors (Lipinski definition) is 1. The summed E-state index contributed by atoms with van der Waals surface area (Å²) in [4.78, 5) is 11.7. The molecule has 0 fully saturated rings. The quantitative estimate of drug-likeness (QED) is 0.746. The first-order valence-corrected chi connectivity index (χ1v) is 7.58. The largest absolute Gasteiger partial charge is 0.497 e. The molecule has 0 aromatic heterocycles. The molecule has 1 rings (SSSR count). The lowest BCUT2D eigenvalue weighted by Crippen LogP contribution is -2.25. The number of unbranched alkanes of at least 4 members (excludes halogenated alkanes) is 2. The Hall–Kier alpha value is -1.36. The van der Waals surface area contributed by atoms with Crippen molar-refractivity contribution in [3.05, 3.63) is 24.3 Å². The zero-order valence-electron chi connectivity index (χ0n) is 11.3. The summed E-state index contributed by atoms with van der Waals surface area (Å²) < 4.78 is 17.3. The summed E-state index contributed by atoms with van der Waals surface area (Å²) in [5.74, 6) is -0.330. The predicted octanol–water partition coefficient (Wildman–Crippen LogP) is 2.84. The summed E-state index contributed by atoms with van der Waals surface area (Å²) in [5.41, 5.74) is 0. The van der Waals surface area contributed by atoms with Gasteiger partial charge in [0.2, 0.25) is 0 Å². The summed E-state index contributed by atoms with van der Waals surface area (Å²) >= 11 is 0. The summed E-state index contributed by atoms with van der Waals surface area (Å²) in [5, 5.41) is 8.35. The molecule has 1 aromatic rings. The van der Waals surface area contributed by atoms with E-state index in [1.54, 1.807) is 31.4 Å². The first-order valence-electron chi connectivity index (χ1n) is 6.37. The molecule has 19 heavy (non-hydrogen) atoms. The van der Waals surface area contributed by atoms with E-state index < -0.39 is 22.0 Å². The molecule has 0 aliphatic carbocycles. The Labute approximate surface area is 116 Å². The van der Waals surface area contributed by atoms with Gasteiger partial charge in [-0.2, -0.15) is 0 Å². The van der Waals surface area contributed by atoms with Gasteiger partial charge in [-0.25, -0.2) is 0 Å². The lowest BCUT2D eigenvalue weighted by atomic mass is 10.1. The molecule has 0 heterocycles. The molecule has 0 saturated carbocycles. The number of carbonyl (C=O) groups is 1. The second kappa shape index (κ2) is 7.94. The van der Waals surface area contributed by atoms with Crippen LogP contribution in [0.15, 0.2) is 29.2 Å². The minimum atomic E-state index is -1.52. The molecule has 2 atom stereocenters. The summed E-state index contributed by atoms with van der Waals surface area (Å²) in [6, 6.07) is 6.70. The van der Waals surface area contributed by atoms with E-state index in [0.29, 0.717) is 17.1 Å². The average Bonchev–Trinajstić information content (AvgIpc) is 2.42. The first-order chi connectivity index (χ1) is 9.10. The standard InChI is InChI=1S/C14H20O4S/c1-3-4-5-6-13(14(15)16)19(17)12-9-7-11(18-2)8-10-12/h7-10,13H,3-6H2,1-2H3,(H,15,16)/t13-,19+/m0/s1. The zero-order chi connectivity index (χ0) is 14.3. The molecule has 0 saturated heterocycles. The minimum Gasteiger partial charge on any atom is -0.497 e. The zero-order valence-corrected chi connectivity index (χ0v) is 12.1. The van der Waals surface area contributed by atoms with Gasteiger partial charge in [-0.05, 0) is 30.7 Å². The maximum Gasteiger partial charge on any atom is 0.319 e. The van der Waals surface area contributed by atoms with Gasteiger partial charge in [-0.15, -0.1) is 0 Å². The Balaban J connectivity index is 2.77. The summed E-state index contributed by atoms with van der Waals surface area (Å²) in [6.07, 6.45) is 3.21. The number of carboxylic acids is 1. The van der Waals surface area contributed by atoms with E-state index >= 15 is 0 Å². The van der Waals surface area contributed by atoms with Crippen LogP contribution in [-0.4, -0.2) is 27.6 Å². The van der Waals surface area contributed by atoms with Crippen molar-refractivity contribution in [1.82, 2.24) is 0 Å². The van der Waals surface area contributed by atoms with Gasteiger partial charge in [-0.3, -0.25) is 9.00 Å². The van der Waals surface area contributed by atoms with Gasteiger partial charge in [0.15, 0.2) is 0 Å². The molecule has 0 amide bonds. The van der Waals surface area contributed by atoms with Crippen molar-refractivity contribution >= 4 is 16.8 Å². The second-order valence-electron chi connectivity index (χ2n) is 4.30. The number of methoxy groups -OCH3 is 1. The molecular weight excluding hydrogens is 264 g/mol. The number of benzene rings is 1. The summed E-state index contributed by atoms with van der Waals surface area (Å²) in [6.45, 7) is 2.05. The van der Waals surface area contributed by atoms with E-state index in [-0.39, 0.29) is 0 Å². The SMILES string of the molecule is CCCCC[C@@H](C(=O)O)[S@](=O)c1ccc(OC)cc1. The van der Waals surface area contributed by atoms with E-state index in [1.807, 2.05) is 0 Å². The normalized spacial score (nSPS) is 13.8.